The Bertz CT molecular complexity index is 557. The first-order valence-electron chi connectivity index (χ1n) is 6.89. The maximum atomic E-state index is 5.76. The molecule has 0 amide bonds. The number of halogens is 1. The number of hydrogen-bond donors (Lipinski definition) is 2. The molecule has 1 heterocycles. The molecule has 1 aromatic heterocycles. The lowest BCUT2D eigenvalue weighted by atomic mass is 9.99. The topological polar surface area (TPSA) is 50.9 Å². The first-order chi connectivity index (χ1) is 9.70. The summed E-state index contributed by atoms with van der Waals surface area (Å²) in [6.07, 6.45) is 3.77. The molecule has 3 N–H and O–H groups in total. The smallest absolute Gasteiger partial charge is 0.123 e. The van der Waals surface area contributed by atoms with E-state index in [1.807, 2.05) is 18.2 Å². The lowest BCUT2D eigenvalue weighted by Crippen LogP contribution is -2.24. The van der Waals surface area contributed by atoms with Crippen molar-refractivity contribution in [2.45, 2.75) is 25.8 Å². The van der Waals surface area contributed by atoms with E-state index in [1.54, 1.807) is 6.20 Å². The predicted octanol–water partition coefficient (Wildman–Crippen LogP) is 3.71. The number of nitrogens with zero attached hydrogens (tertiary/aromatic N) is 1. The molecule has 0 spiro atoms. The second-order valence-corrected chi connectivity index (χ2v) is 5.68. The monoisotopic (exact) mass is 333 g/mol. The van der Waals surface area contributed by atoms with Gasteiger partial charge in [-0.05, 0) is 48.7 Å². The molecule has 2 aromatic rings. The Morgan fingerprint density at radius 2 is 2.10 bits per heavy atom. The van der Waals surface area contributed by atoms with E-state index in [2.05, 4.69) is 51.4 Å². The summed E-state index contributed by atoms with van der Waals surface area (Å²) < 4.78 is 1.13. The molecule has 4 heteroatoms. The van der Waals surface area contributed by atoms with Gasteiger partial charge in [-0.3, -0.25) is 0 Å². The van der Waals surface area contributed by atoms with Crippen LogP contribution in [0.25, 0.3) is 0 Å². The van der Waals surface area contributed by atoms with Gasteiger partial charge in [0.2, 0.25) is 0 Å². The first-order valence-corrected chi connectivity index (χ1v) is 7.68. The Kier molecular flexibility index (Phi) is 5.56. The fraction of sp³-hybridized carbons (Fsp3) is 0.312. The molecule has 3 nitrogen and oxygen atoms in total. The molecule has 0 fully saturated rings. The second-order valence-electron chi connectivity index (χ2n) is 4.82. The molecule has 0 aliphatic rings. The number of pyridine rings is 1. The molecule has 106 valence electrons. The van der Waals surface area contributed by atoms with Gasteiger partial charge in [-0.15, -0.1) is 0 Å². The molecule has 0 saturated carbocycles. The number of rotatable bonds is 6. The number of nitrogens with one attached hydrogen (secondary N) is 1. The van der Waals surface area contributed by atoms with Crippen molar-refractivity contribution in [3.05, 3.63) is 58.2 Å². The van der Waals surface area contributed by atoms with Crippen LogP contribution in [0.2, 0.25) is 0 Å². The van der Waals surface area contributed by atoms with Gasteiger partial charge in [0.15, 0.2) is 0 Å². The van der Waals surface area contributed by atoms with Gasteiger partial charge in [0.25, 0.3) is 0 Å². The standard InChI is InChI=1S/C16H20BrN3/c1-2-8-19-15(13-5-3-4-6-14(13)17)10-12-7-9-20-16(18)11-12/h3-7,9,11,15,19H,2,8,10H2,1H3,(H2,18,20). The number of aromatic nitrogens is 1. The molecule has 2 rings (SSSR count). The van der Waals surface area contributed by atoms with E-state index in [4.69, 9.17) is 5.73 Å². The lowest BCUT2D eigenvalue weighted by molar-refractivity contribution is 0.527. The Labute approximate surface area is 128 Å². The van der Waals surface area contributed by atoms with Crippen LogP contribution < -0.4 is 11.1 Å². The molecule has 0 radical (unpaired) electrons. The predicted molar refractivity (Wildman–Crippen MR) is 87.5 cm³/mol. The van der Waals surface area contributed by atoms with E-state index in [-0.39, 0.29) is 6.04 Å². The minimum Gasteiger partial charge on any atom is -0.384 e. The number of hydrogen-bond acceptors (Lipinski definition) is 3. The summed E-state index contributed by atoms with van der Waals surface area (Å²) >= 11 is 3.64. The Hall–Kier alpha value is -1.39. The number of nitrogens with two attached hydrogens (primary N) is 1. The maximum absolute atomic E-state index is 5.76. The van der Waals surface area contributed by atoms with Gasteiger partial charge in [0, 0.05) is 16.7 Å². The van der Waals surface area contributed by atoms with Crippen LogP contribution in [-0.2, 0) is 6.42 Å². The van der Waals surface area contributed by atoms with Crippen molar-refractivity contribution in [3.63, 3.8) is 0 Å². The summed E-state index contributed by atoms with van der Waals surface area (Å²) in [4.78, 5) is 4.05. The third-order valence-corrected chi connectivity index (χ3v) is 3.93. The van der Waals surface area contributed by atoms with Gasteiger partial charge in [-0.25, -0.2) is 4.98 Å². The highest BCUT2D eigenvalue weighted by molar-refractivity contribution is 9.10. The van der Waals surface area contributed by atoms with Crippen LogP contribution in [0.1, 0.15) is 30.5 Å². The third kappa shape index (κ3) is 4.05. The molecular weight excluding hydrogens is 314 g/mol. The minimum atomic E-state index is 0.271. The SMILES string of the molecule is CCCNC(Cc1ccnc(N)c1)c1ccccc1Br. The van der Waals surface area contributed by atoms with Gasteiger partial charge >= 0.3 is 0 Å². The Morgan fingerprint density at radius 3 is 2.80 bits per heavy atom. The van der Waals surface area contributed by atoms with Gasteiger partial charge in [-0.2, -0.15) is 0 Å². The fourth-order valence-corrected chi connectivity index (χ4v) is 2.79. The van der Waals surface area contributed by atoms with Crippen molar-refractivity contribution in [1.82, 2.24) is 10.3 Å². The van der Waals surface area contributed by atoms with E-state index in [1.165, 1.54) is 11.1 Å². The van der Waals surface area contributed by atoms with Crippen molar-refractivity contribution < 1.29 is 0 Å². The molecule has 0 saturated heterocycles. The average molecular weight is 334 g/mol. The van der Waals surface area contributed by atoms with E-state index in [9.17, 15) is 0 Å². The summed E-state index contributed by atoms with van der Waals surface area (Å²) in [5, 5.41) is 3.60. The van der Waals surface area contributed by atoms with Crippen molar-refractivity contribution in [1.29, 1.82) is 0 Å². The summed E-state index contributed by atoms with van der Waals surface area (Å²) in [5.41, 5.74) is 8.23. The highest BCUT2D eigenvalue weighted by Gasteiger charge is 2.14. The van der Waals surface area contributed by atoms with E-state index >= 15 is 0 Å². The summed E-state index contributed by atoms with van der Waals surface area (Å²) in [6, 6.07) is 12.6. The van der Waals surface area contributed by atoms with Crippen LogP contribution >= 0.6 is 15.9 Å². The lowest BCUT2D eigenvalue weighted by Gasteiger charge is -2.20. The molecular formula is C16H20BrN3. The zero-order valence-corrected chi connectivity index (χ0v) is 13.2. The molecule has 1 atom stereocenters. The van der Waals surface area contributed by atoms with Gasteiger partial charge in [0.05, 0.1) is 0 Å². The van der Waals surface area contributed by atoms with Gasteiger partial charge in [-0.1, -0.05) is 41.1 Å². The van der Waals surface area contributed by atoms with Crippen LogP contribution in [0.15, 0.2) is 47.1 Å². The average Bonchev–Trinajstić information content (AvgIpc) is 2.44. The normalized spacial score (nSPS) is 12.3. The zero-order valence-electron chi connectivity index (χ0n) is 11.6. The molecule has 0 aliphatic carbocycles. The van der Waals surface area contributed by atoms with Crippen LogP contribution in [0.4, 0.5) is 5.82 Å². The Balaban J connectivity index is 2.22. The van der Waals surface area contributed by atoms with Crippen LogP contribution in [0.5, 0.6) is 0 Å². The second kappa shape index (κ2) is 7.41. The molecule has 20 heavy (non-hydrogen) atoms. The summed E-state index contributed by atoms with van der Waals surface area (Å²) in [6.45, 7) is 3.17. The maximum Gasteiger partial charge on any atom is 0.123 e. The molecule has 0 bridgehead atoms. The number of benzene rings is 1. The van der Waals surface area contributed by atoms with E-state index < -0.39 is 0 Å². The number of anilines is 1. The van der Waals surface area contributed by atoms with Gasteiger partial charge in [0.1, 0.15) is 5.82 Å². The first kappa shape index (κ1) is 15.0. The quantitative estimate of drug-likeness (QED) is 0.847. The van der Waals surface area contributed by atoms with E-state index in [0.717, 1.165) is 23.9 Å². The minimum absolute atomic E-state index is 0.271. The van der Waals surface area contributed by atoms with E-state index in [0.29, 0.717) is 5.82 Å². The Morgan fingerprint density at radius 1 is 1.30 bits per heavy atom. The zero-order chi connectivity index (χ0) is 14.4. The molecule has 1 unspecified atom stereocenters. The van der Waals surface area contributed by atoms with Crippen molar-refractivity contribution in [3.8, 4) is 0 Å². The highest BCUT2D eigenvalue weighted by Crippen LogP contribution is 2.26. The van der Waals surface area contributed by atoms with Crippen molar-refractivity contribution in [2.75, 3.05) is 12.3 Å². The highest BCUT2D eigenvalue weighted by atomic mass is 79.9. The summed E-state index contributed by atoms with van der Waals surface area (Å²) in [7, 11) is 0. The van der Waals surface area contributed by atoms with Crippen molar-refractivity contribution in [2.24, 2.45) is 0 Å². The summed E-state index contributed by atoms with van der Waals surface area (Å²) in [5.74, 6) is 0.573. The fourth-order valence-electron chi connectivity index (χ4n) is 2.23. The van der Waals surface area contributed by atoms with Crippen molar-refractivity contribution >= 4 is 21.7 Å². The van der Waals surface area contributed by atoms with Crippen LogP contribution in [0.3, 0.4) is 0 Å². The van der Waals surface area contributed by atoms with Gasteiger partial charge < -0.3 is 11.1 Å². The van der Waals surface area contributed by atoms with Crippen LogP contribution in [-0.4, -0.2) is 11.5 Å². The number of nitrogen functional groups attached to an aromatic ring is 1. The third-order valence-electron chi connectivity index (χ3n) is 3.21. The largest absolute Gasteiger partial charge is 0.384 e. The molecule has 0 aliphatic heterocycles. The van der Waals surface area contributed by atoms with Crippen LogP contribution in [0, 0.1) is 0 Å². The molecule has 1 aromatic carbocycles.